The lowest BCUT2D eigenvalue weighted by atomic mass is 10.4. The second-order valence-electron chi connectivity index (χ2n) is 4.64. The predicted molar refractivity (Wildman–Crippen MR) is 69.9 cm³/mol. The third-order valence-corrected chi connectivity index (χ3v) is 2.23. The monoisotopic (exact) mass is 292 g/mol. The summed E-state index contributed by atoms with van der Waals surface area (Å²) in [5.74, 6) is 0.232. The van der Waals surface area contributed by atoms with Gasteiger partial charge in [0.2, 0.25) is 11.8 Å². The molecule has 0 saturated heterocycles. The summed E-state index contributed by atoms with van der Waals surface area (Å²) in [6.07, 6.45) is -4.47. The van der Waals surface area contributed by atoms with Crippen LogP contribution >= 0.6 is 0 Å². The van der Waals surface area contributed by atoms with E-state index in [0.717, 1.165) is 4.90 Å². The third-order valence-electron chi connectivity index (χ3n) is 2.23. The maximum atomic E-state index is 12.6. The van der Waals surface area contributed by atoms with Crippen LogP contribution in [0.1, 0.15) is 19.5 Å². The summed E-state index contributed by atoms with van der Waals surface area (Å²) in [5, 5.41) is 0. The largest absolute Gasteiger partial charge is 0.475 e. The molecule has 114 valence electrons. The Labute approximate surface area is 116 Å². The van der Waals surface area contributed by atoms with Gasteiger partial charge in [-0.25, -0.2) is 4.98 Å². The Morgan fingerprint density at radius 1 is 1.35 bits per heavy atom. The van der Waals surface area contributed by atoms with E-state index in [9.17, 15) is 13.2 Å². The number of alkyl halides is 3. The van der Waals surface area contributed by atoms with Crippen LogP contribution < -0.4 is 15.4 Å². The van der Waals surface area contributed by atoms with E-state index < -0.39 is 12.7 Å². The number of ether oxygens (including phenoxy) is 1. The fourth-order valence-corrected chi connectivity index (χ4v) is 1.59. The van der Waals surface area contributed by atoms with Gasteiger partial charge in [0.05, 0.1) is 6.10 Å². The molecule has 0 saturated carbocycles. The third kappa shape index (κ3) is 5.60. The molecule has 0 spiro atoms. The van der Waals surface area contributed by atoms with Crippen molar-refractivity contribution in [1.29, 1.82) is 0 Å². The van der Waals surface area contributed by atoms with Gasteiger partial charge in [-0.3, -0.25) is 0 Å². The molecule has 0 unspecified atom stereocenters. The summed E-state index contributed by atoms with van der Waals surface area (Å²) in [5.41, 5.74) is 5.88. The van der Waals surface area contributed by atoms with Gasteiger partial charge >= 0.3 is 6.18 Å². The Bertz CT molecular complexity index is 437. The number of halogens is 3. The molecule has 8 heteroatoms. The molecule has 2 N–H and O–H groups in total. The van der Waals surface area contributed by atoms with Crippen molar-refractivity contribution in [2.45, 2.75) is 33.1 Å². The topological polar surface area (TPSA) is 64.3 Å². The molecule has 1 aromatic rings. The molecule has 1 rings (SSSR count). The average molecular weight is 292 g/mol. The number of nitrogens with two attached hydrogens (primary N) is 1. The van der Waals surface area contributed by atoms with Gasteiger partial charge in [-0.15, -0.1) is 0 Å². The number of hydrogen-bond donors (Lipinski definition) is 1. The lowest BCUT2D eigenvalue weighted by molar-refractivity contribution is -0.119. The van der Waals surface area contributed by atoms with Gasteiger partial charge in [0.15, 0.2) is 0 Å². The summed E-state index contributed by atoms with van der Waals surface area (Å²) in [6.45, 7) is 4.24. The van der Waals surface area contributed by atoms with Crippen molar-refractivity contribution in [3.05, 3.63) is 11.8 Å². The summed E-state index contributed by atoms with van der Waals surface area (Å²) in [6, 6.07) is 1.58. The van der Waals surface area contributed by atoms with Crippen LogP contribution in [0.4, 0.5) is 19.1 Å². The molecular weight excluding hydrogens is 273 g/mol. The highest BCUT2D eigenvalue weighted by molar-refractivity contribution is 5.34. The maximum absolute atomic E-state index is 12.6. The average Bonchev–Trinajstić information content (AvgIpc) is 2.24. The summed E-state index contributed by atoms with van der Waals surface area (Å²) >= 11 is 0. The minimum atomic E-state index is -4.35. The van der Waals surface area contributed by atoms with Crippen molar-refractivity contribution in [3.8, 4) is 5.88 Å². The second-order valence-corrected chi connectivity index (χ2v) is 4.64. The molecule has 5 nitrogen and oxygen atoms in total. The van der Waals surface area contributed by atoms with Crippen LogP contribution in [0, 0.1) is 6.92 Å². The molecule has 0 atom stereocenters. The Balaban J connectivity index is 3.03. The van der Waals surface area contributed by atoms with Crippen LogP contribution in [0.25, 0.3) is 0 Å². The van der Waals surface area contributed by atoms with Crippen molar-refractivity contribution in [2.24, 2.45) is 5.73 Å². The summed E-state index contributed by atoms with van der Waals surface area (Å²) in [4.78, 5) is 9.04. The molecule has 0 amide bonds. The molecule has 0 aliphatic rings. The lowest BCUT2D eigenvalue weighted by Gasteiger charge is -2.24. The van der Waals surface area contributed by atoms with Gasteiger partial charge in [-0.05, 0) is 20.8 Å². The summed E-state index contributed by atoms with van der Waals surface area (Å²) < 4.78 is 43.1. The van der Waals surface area contributed by atoms with Crippen molar-refractivity contribution >= 4 is 5.95 Å². The van der Waals surface area contributed by atoms with E-state index in [4.69, 9.17) is 10.5 Å². The van der Waals surface area contributed by atoms with Crippen LogP contribution in [0.3, 0.4) is 0 Å². The first-order valence-electron chi connectivity index (χ1n) is 6.25. The predicted octanol–water partition coefficient (Wildman–Crippen LogP) is 1.90. The maximum Gasteiger partial charge on any atom is 0.406 e. The molecule has 0 radical (unpaired) electrons. The second kappa shape index (κ2) is 6.74. The standard InChI is InChI=1S/C12H19F3N4O/c1-8(2)20-10-6-9(3)17-11(18-10)19(5-4-16)7-12(13,14)15/h6,8H,4-5,7,16H2,1-3H3. The van der Waals surface area contributed by atoms with E-state index >= 15 is 0 Å². The van der Waals surface area contributed by atoms with Crippen LogP contribution in [-0.4, -0.2) is 41.9 Å². The van der Waals surface area contributed by atoms with E-state index in [1.807, 2.05) is 13.8 Å². The molecule has 20 heavy (non-hydrogen) atoms. The van der Waals surface area contributed by atoms with E-state index in [-0.39, 0.29) is 31.0 Å². The molecular formula is C12H19F3N4O. The number of rotatable bonds is 6. The highest BCUT2D eigenvalue weighted by Crippen LogP contribution is 2.21. The number of nitrogens with zero attached hydrogens (tertiary/aromatic N) is 3. The first-order valence-corrected chi connectivity index (χ1v) is 6.25. The van der Waals surface area contributed by atoms with Crippen molar-refractivity contribution in [1.82, 2.24) is 9.97 Å². The first-order chi connectivity index (χ1) is 9.21. The molecule has 1 heterocycles. The molecule has 0 aliphatic heterocycles. The normalized spacial score (nSPS) is 11.8. The van der Waals surface area contributed by atoms with E-state index in [2.05, 4.69) is 9.97 Å². The van der Waals surface area contributed by atoms with Crippen molar-refractivity contribution in [2.75, 3.05) is 24.5 Å². The molecule has 0 aromatic carbocycles. The SMILES string of the molecule is Cc1cc(OC(C)C)nc(N(CCN)CC(F)(F)F)n1. The Hall–Kier alpha value is -1.57. The molecule has 0 fully saturated rings. The van der Waals surface area contributed by atoms with Crippen LogP contribution in [0.5, 0.6) is 5.88 Å². The van der Waals surface area contributed by atoms with Gasteiger partial charge in [0.1, 0.15) is 6.54 Å². The van der Waals surface area contributed by atoms with Crippen LogP contribution in [0.2, 0.25) is 0 Å². The van der Waals surface area contributed by atoms with Crippen LogP contribution in [0.15, 0.2) is 6.07 Å². The van der Waals surface area contributed by atoms with E-state index in [1.165, 1.54) is 0 Å². The van der Waals surface area contributed by atoms with E-state index in [1.54, 1.807) is 13.0 Å². The fourth-order valence-electron chi connectivity index (χ4n) is 1.59. The minimum absolute atomic E-state index is 0.0179. The molecule has 0 bridgehead atoms. The van der Waals surface area contributed by atoms with Crippen LogP contribution in [-0.2, 0) is 0 Å². The van der Waals surface area contributed by atoms with Gasteiger partial charge in [-0.2, -0.15) is 18.2 Å². The Kier molecular flexibility index (Phi) is 5.55. The zero-order valence-corrected chi connectivity index (χ0v) is 11.7. The highest BCUT2D eigenvalue weighted by Gasteiger charge is 2.32. The molecule has 0 aliphatic carbocycles. The molecule has 1 aromatic heterocycles. The Morgan fingerprint density at radius 3 is 2.50 bits per heavy atom. The van der Waals surface area contributed by atoms with Gasteiger partial charge in [0.25, 0.3) is 0 Å². The number of aryl methyl sites for hydroxylation is 1. The fraction of sp³-hybridized carbons (Fsp3) is 0.667. The van der Waals surface area contributed by atoms with Crippen molar-refractivity contribution < 1.29 is 17.9 Å². The minimum Gasteiger partial charge on any atom is -0.475 e. The zero-order valence-electron chi connectivity index (χ0n) is 11.7. The van der Waals surface area contributed by atoms with Gasteiger partial charge < -0.3 is 15.4 Å². The zero-order chi connectivity index (χ0) is 15.3. The number of anilines is 1. The number of aromatic nitrogens is 2. The summed E-state index contributed by atoms with van der Waals surface area (Å²) in [7, 11) is 0. The quantitative estimate of drug-likeness (QED) is 0.867. The van der Waals surface area contributed by atoms with Gasteiger partial charge in [-0.1, -0.05) is 0 Å². The Morgan fingerprint density at radius 2 is 2.00 bits per heavy atom. The smallest absolute Gasteiger partial charge is 0.406 e. The number of hydrogen-bond acceptors (Lipinski definition) is 5. The van der Waals surface area contributed by atoms with E-state index in [0.29, 0.717) is 5.69 Å². The van der Waals surface area contributed by atoms with Crippen molar-refractivity contribution in [3.63, 3.8) is 0 Å². The lowest BCUT2D eigenvalue weighted by Crippen LogP contribution is -2.38. The highest BCUT2D eigenvalue weighted by atomic mass is 19.4. The van der Waals surface area contributed by atoms with Gasteiger partial charge in [0, 0.05) is 24.8 Å². The first kappa shape index (κ1) is 16.5.